The number of rotatable bonds is 3. The number of thiocarbonyl (C=S) groups is 1. The van der Waals surface area contributed by atoms with Crippen LogP contribution in [-0.2, 0) is 6.54 Å². The number of nitrogens with two attached hydrogens (primary N) is 1. The summed E-state index contributed by atoms with van der Waals surface area (Å²) in [7, 11) is 0. The van der Waals surface area contributed by atoms with Crippen LogP contribution in [0, 0.1) is 0 Å². The van der Waals surface area contributed by atoms with E-state index in [2.05, 4.69) is 9.97 Å². The third-order valence-electron chi connectivity index (χ3n) is 1.99. The molecule has 2 N–H and O–H groups in total. The van der Waals surface area contributed by atoms with Crippen LogP contribution in [0.1, 0.15) is 11.5 Å². The molecular formula is C10H10N4S. The van der Waals surface area contributed by atoms with E-state index in [1.165, 1.54) is 0 Å². The lowest BCUT2D eigenvalue weighted by molar-refractivity contribution is 0.765. The Balaban J connectivity index is 2.25. The van der Waals surface area contributed by atoms with Crippen LogP contribution in [0.2, 0.25) is 0 Å². The Kier molecular flexibility index (Phi) is 2.73. The van der Waals surface area contributed by atoms with E-state index < -0.39 is 0 Å². The van der Waals surface area contributed by atoms with Gasteiger partial charge in [-0.05, 0) is 12.1 Å². The van der Waals surface area contributed by atoms with E-state index in [0.717, 1.165) is 5.69 Å². The van der Waals surface area contributed by atoms with Crippen molar-refractivity contribution in [2.45, 2.75) is 6.54 Å². The number of hydrogen-bond donors (Lipinski definition) is 1. The molecule has 0 aliphatic rings. The Morgan fingerprint density at radius 1 is 1.33 bits per heavy atom. The maximum atomic E-state index is 5.54. The molecule has 0 spiro atoms. The van der Waals surface area contributed by atoms with Crippen LogP contribution >= 0.6 is 12.2 Å². The van der Waals surface area contributed by atoms with Gasteiger partial charge in [0, 0.05) is 18.6 Å². The van der Waals surface area contributed by atoms with Crippen molar-refractivity contribution < 1.29 is 0 Å². The van der Waals surface area contributed by atoms with Gasteiger partial charge in [-0.3, -0.25) is 4.98 Å². The van der Waals surface area contributed by atoms with E-state index in [1.807, 2.05) is 29.0 Å². The standard InChI is InChI=1S/C10H10N4S/c11-9(15)10-13-5-6-14(10)7-8-3-1-2-4-12-8/h1-6H,7H2,(H2,11,15). The van der Waals surface area contributed by atoms with Gasteiger partial charge in [0.15, 0.2) is 5.82 Å². The summed E-state index contributed by atoms with van der Waals surface area (Å²) in [5.74, 6) is 0.621. The Labute approximate surface area is 92.8 Å². The average molecular weight is 218 g/mol. The molecule has 76 valence electrons. The van der Waals surface area contributed by atoms with Gasteiger partial charge < -0.3 is 10.3 Å². The van der Waals surface area contributed by atoms with E-state index in [-0.39, 0.29) is 0 Å². The van der Waals surface area contributed by atoms with Crippen molar-refractivity contribution >= 4 is 17.2 Å². The van der Waals surface area contributed by atoms with Crippen molar-refractivity contribution in [2.24, 2.45) is 5.73 Å². The Morgan fingerprint density at radius 3 is 2.87 bits per heavy atom. The molecule has 0 unspecified atom stereocenters. The number of nitrogens with zero attached hydrogens (tertiary/aromatic N) is 3. The van der Waals surface area contributed by atoms with Gasteiger partial charge in [-0.25, -0.2) is 4.98 Å². The first kappa shape index (κ1) is 9.79. The Bertz CT molecular complexity index is 463. The van der Waals surface area contributed by atoms with Gasteiger partial charge in [0.05, 0.1) is 12.2 Å². The van der Waals surface area contributed by atoms with E-state index >= 15 is 0 Å². The maximum Gasteiger partial charge on any atom is 0.167 e. The second-order valence-electron chi connectivity index (χ2n) is 3.06. The van der Waals surface area contributed by atoms with Crippen molar-refractivity contribution in [3.63, 3.8) is 0 Å². The summed E-state index contributed by atoms with van der Waals surface area (Å²) < 4.78 is 1.88. The summed E-state index contributed by atoms with van der Waals surface area (Å²) in [5.41, 5.74) is 6.49. The smallest absolute Gasteiger partial charge is 0.167 e. The molecule has 0 saturated carbocycles. The number of pyridine rings is 1. The minimum absolute atomic E-state index is 0.302. The molecule has 0 amide bonds. The molecule has 0 aromatic carbocycles. The molecule has 2 heterocycles. The highest BCUT2D eigenvalue weighted by atomic mass is 32.1. The van der Waals surface area contributed by atoms with Gasteiger partial charge in [-0.1, -0.05) is 18.3 Å². The normalized spacial score (nSPS) is 10.1. The molecule has 0 aliphatic heterocycles. The molecule has 15 heavy (non-hydrogen) atoms. The Hall–Kier alpha value is -1.75. The van der Waals surface area contributed by atoms with Crippen LogP contribution in [0.3, 0.4) is 0 Å². The first-order chi connectivity index (χ1) is 7.27. The zero-order chi connectivity index (χ0) is 10.7. The van der Waals surface area contributed by atoms with Gasteiger partial charge >= 0.3 is 0 Å². The number of aromatic nitrogens is 3. The molecule has 0 radical (unpaired) electrons. The van der Waals surface area contributed by atoms with E-state index in [0.29, 0.717) is 17.4 Å². The molecule has 4 nitrogen and oxygen atoms in total. The minimum atomic E-state index is 0.302. The molecule has 0 saturated heterocycles. The molecule has 0 bridgehead atoms. The minimum Gasteiger partial charge on any atom is -0.387 e. The van der Waals surface area contributed by atoms with Crippen LogP contribution in [0.4, 0.5) is 0 Å². The predicted octanol–water partition coefficient (Wildman–Crippen LogP) is 0.961. The second-order valence-corrected chi connectivity index (χ2v) is 3.50. The molecule has 2 rings (SSSR count). The van der Waals surface area contributed by atoms with E-state index in [9.17, 15) is 0 Å². The van der Waals surface area contributed by atoms with Crippen LogP contribution in [0.25, 0.3) is 0 Å². The molecule has 0 fully saturated rings. The Morgan fingerprint density at radius 2 is 2.20 bits per heavy atom. The first-order valence-corrected chi connectivity index (χ1v) is 4.89. The van der Waals surface area contributed by atoms with Crippen molar-refractivity contribution in [3.05, 3.63) is 48.3 Å². The fourth-order valence-corrected chi connectivity index (χ4v) is 1.50. The average Bonchev–Trinajstić information content (AvgIpc) is 2.67. The van der Waals surface area contributed by atoms with Crippen molar-refractivity contribution in [3.8, 4) is 0 Å². The van der Waals surface area contributed by atoms with Crippen LogP contribution in [0.15, 0.2) is 36.8 Å². The zero-order valence-electron chi connectivity index (χ0n) is 8.00. The van der Waals surface area contributed by atoms with Crippen LogP contribution in [0.5, 0.6) is 0 Å². The second kappa shape index (κ2) is 4.18. The lowest BCUT2D eigenvalue weighted by Gasteiger charge is -2.05. The molecule has 0 aliphatic carbocycles. The number of hydrogen-bond acceptors (Lipinski definition) is 3. The predicted molar refractivity (Wildman–Crippen MR) is 61.5 cm³/mol. The maximum absolute atomic E-state index is 5.54. The highest BCUT2D eigenvalue weighted by Crippen LogP contribution is 2.02. The van der Waals surface area contributed by atoms with Gasteiger partial charge in [0.25, 0.3) is 0 Å². The molecular weight excluding hydrogens is 208 g/mol. The highest BCUT2D eigenvalue weighted by molar-refractivity contribution is 7.80. The third-order valence-corrected chi connectivity index (χ3v) is 2.18. The summed E-state index contributed by atoms with van der Waals surface area (Å²) in [6, 6.07) is 5.77. The van der Waals surface area contributed by atoms with Crippen LogP contribution < -0.4 is 5.73 Å². The summed E-state index contributed by atoms with van der Waals surface area (Å²) in [5, 5.41) is 0. The third kappa shape index (κ3) is 2.19. The summed E-state index contributed by atoms with van der Waals surface area (Å²) in [6.07, 6.45) is 5.27. The fraction of sp³-hybridized carbons (Fsp3) is 0.100. The quantitative estimate of drug-likeness (QED) is 0.780. The summed E-state index contributed by atoms with van der Waals surface area (Å²) in [4.78, 5) is 8.60. The van der Waals surface area contributed by atoms with E-state index in [1.54, 1.807) is 12.4 Å². The monoisotopic (exact) mass is 218 g/mol. The summed E-state index contributed by atoms with van der Waals surface area (Å²) in [6.45, 7) is 0.632. The van der Waals surface area contributed by atoms with Gasteiger partial charge in [-0.15, -0.1) is 0 Å². The van der Waals surface area contributed by atoms with Gasteiger partial charge in [0.2, 0.25) is 0 Å². The summed E-state index contributed by atoms with van der Waals surface area (Å²) >= 11 is 4.89. The topological polar surface area (TPSA) is 56.7 Å². The van der Waals surface area contributed by atoms with Crippen LogP contribution in [-0.4, -0.2) is 19.5 Å². The zero-order valence-corrected chi connectivity index (χ0v) is 8.81. The lowest BCUT2D eigenvalue weighted by atomic mass is 10.3. The molecule has 2 aromatic rings. The van der Waals surface area contributed by atoms with E-state index in [4.69, 9.17) is 18.0 Å². The molecule has 0 atom stereocenters. The van der Waals surface area contributed by atoms with Gasteiger partial charge in [-0.2, -0.15) is 0 Å². The number of imidazole rings is 1. The fourth-order valence-electron chi connectivity index (χ4n) is 1.33. The lowest BCUT2D eigenvalue weighted by Crippen LogP contribution is -2.17. The van der Waals surface area contributed by atoms with Crippen molar-refractivity contribution in [2.75, 3.05) is 0 Å². The first-order valence-electron chi connectivity index (χ1n) is 4.48. The molecule has 5 heteroatoms. The van der Waals surface area contributed by atoms with Gasteiger partial charge in [0.1, 0.15) is 4.99 Å². The van der Waals surface area contributed by atoms with Crippen molar-refractivity contribution in [1.29, 1.82) is 0 Å². The SMILES string of the molecule is NC(=S)c1nccn1Cc1ccccn1. The molecule has 2 aromatic heterocycles. The highest BCUT2D eigenvalue weighted by Gasteiger charge is 2.05. The van der Waals surface area contributed by atoms with Crippen molar-refractivity contribution in [1.82, 2.24) is 14.5 Å². The largest absolute Gasteiger partial charge is 0.387 e.